The Bertz CT molecular complexity index is 1330. The quantitative estimate of drug-likeness (QED) is 0.328. The number of H-pyrrole nitrogens is 1. The molecule has 0 radical (unpaired) electrons. The highest BCUT2D eigenvalue weighted by atomic mass is 16.5. The molecule has 1 aliphatic rings. The van der Waals surface area contributed by atoms with Crippen LogP contribution in [0.5, 0.6) is 5.75 Å². The van der Waals surface area contributed by atoms with Gasteiger partial charge in [0.15, 0.2) is 0 Å². The molecule has 1 aliphatic carbocycles. The molecule has 4 N–H and O–H groups in total. The summed E-state index contributed by atoms with van der Waals surface area (Å²) in [5, 5.41) is 15.8. The van der Waals surface area contributed by atoms with Crippen molar-refractivity contribution in [2.24, 2.45) is 5.92 Å². The van der Waals surface area contributed by atoms with Gasteiger partial charge < -0.3 is 20.1 Å². The molecule has 1 saturated carbocycles. The molecule has 3 aromatic heterocycles. The molecular weight excluding hydrogens is 432 g/mol. The normalized spacial score (nSPS) is 14.1. The van der Waals surface area contributed by atoms with E-state index in [-0.39, 0.29) is 6.03 Å². The van der Waals surface area contributed by atoms with E-state index in [4.69, 9.17) is 4.74 Å². The highest BCUT2D eigenvalue weighted by Crippen LogP contribution is 2.41. The predicted octanol–water partition coefficient (Wildman–Crippen LogP) is 4.28. The molecule has 0 aliphatic heterocycles. The van der Waals surface area contributed by atoms with E-state index in [2.05, 4.69) is 30.6 Å². The first kappa shape index (κ1) is 21.8. The van der Waals surface area contributed by atoms with Gasteiger partial charge >= 0.3 is 6.03 Å². The molecule has 0 spiro atoms. The number of aliphatic hydroxyl groups is 1. The summed E-state index contributed by atoms with van der Waals surface area (Å²) < 4.78 is 5.55. The molecule has 1 unspecified atom stereocenters. The highest BCUT2D eigenvalue weighted by molar-refractivity contribution is 5.98. The van der Waals surface area contributed by atoms with Gasteiger partial charge in [0.05, 0.1) is 29.9 Å². The summed E-state index contributed by atoms with van der Waals surface area (Å²) in [7, 11) is 1.60. The molecule has 5 rings (SSSR count). The van der Waals surface area contributed by atoms with E-state index in [1.54, 1.807) is 19.5 Å². The van der Waals surface area contributed by atoms with Crippen LogP contribution < -0.4 is 15.4 Å². The smallest absolute Gasteiger partial charge is 0.321 e. The van der Waals surface area contributed by atoms with Crippen LogP contribution in [0.2, 0.25) is 0 Å². The number of carbonyl (C=O) groups is 1. The summed E-state index contributed by atoms with van der Waals surface area (Å²) in [6, 6.07) is 11.1. The van der Waals surface area contributed by atoms with Crippen molar-refractivity contribution in [1.82, 2.24) is 25.3 Å². The fourth-order valence-electron chi connectivity index (χ4n) is 4.00. The van der Waals surface area contributed by atoms with Crippen LogP contribution >= 0.6 is 0 Å². The molecular formula is C25H26N6O3. The second-order valence-corrected chi connectivity index (χ2v) is 8.30. The van der Waals surface area contributed by atoms with Crippen molar-refractivity contribution < 1.29 is 14.6 Å². The fraction of sp³-hybridized carbons (Fsp3) is 0.280. The average Bonchev–Trinajstić information content (AvgIpc) is 3.63. The Labute approximate surface area is 196 Å². The number of anilines is 1. The topological polar surface area (TPSA) is 125 Å². The summed E-state index contributed by atoms with van der Waals surface area (Å²) in [5.74, 6) is 1.27. The fourth-order valence-corrected chi connectivity index (χ4v) is 4.00. The van der Waals surface area contributed by atoms with Gasteiger partial charge in [-0.25, -0.2) is 9.78 Å². The van der Waals surface area contributed by atoms with Crippen LogP contribution in [0.1, 0.15) is 31.6 Å². The lowest BCUT2D eigenvalue weighted by molar-refractivity contribution is 0.149. The Morgan fingerprint density at radius 3 is 2.79 bits per heavy atom. The third kappa shape index (κ3) is 4.29. The molecule has 1 aromatic carbocycles. The standard InChI is InChI=1S/C25H26N6O3/c1-3-26-25(33)31-24-29-19-12-16(15-8-9-18(28-13-15)23(32)14-6-7-14)11-17(21(19)30-24)22-20(34-2)5-4-10-27-22/h4-5,8-14,23,32H,3,6-7H2,1-2H3,(H3,26,29,30,31,33). The Morgan fingerprint density at radius 2 is 2.09 bits per heavy atom. The minimum Gasteiger partial charge on any atom is -0.494 e. The van der Waals surface area contributed by atoms with E-state index >= 15 is 0 Å². The van der Waals surface area contributed by atoms with Crippen molar-refractivity contribution in [3.8, 4) is 28.1 Å². The average molecular weight is 459 g/mol. The Morgan fingerprint density at radius 1 is 1.24 bits per heavy atom. The third-order valence-electron chi connectivity index (χ3n) is 5.90. The largest absolute Gasteiger partial charge is 0.494 e. The summed E-state index contributed by atoms with van der Waals surface area (Å²) in [6.45, 7) is 2.35. The maximum absolute atomic E-state index is 12.0. The van der Waals surface area contributed by atoms with Crippen LogP contribution in [0.15, 0.2) is 48.8 Å². The first-order chi connectivity index (χ1) is 16.6. The number of carbonyl (C=O) groups excluding carboxylic acids is 1. The molecule has 9 nitrogen and oxygen atoms in total. The number of imidazole rings is 1. The molecule has 174 valence electrons. The van der Waals surface area contributed by atoms with E-state index in [9.17, 15) is 9.90 Å². The Balaban J connectivity index is 1.60. The van der Waals surface area contributed by atoms with Crippen molar-refractivity contribution in [3.63, 3.8) is 0 Å². The summed E-state index contributed by atoms with van der Waals surface area (Å²) in [5.41, 5.74) is 5.27. The number of nitrogens with zero attached hydrogens (tertiary/aromatic N) is 3. The van der Waals surface area contributed by atoms with Crippen molar-refractivity contribution in [3.05, 3.63) is 54.5 Å². The highest BCUT2D eigenvalue weighted by Gasteiger charge is 2.31. The second-order valence-electron chi connectivity index (χ2n) is 8.30. The van der Waals surface area contributed by atoms with Gasteiger partial charge in [0.2, 0.25) is 5.95 Å². The summed E-state index contributed by atoms with van der Waals surface area (Å²) >= 11 is 0. The third-order valence-corrected chi connectivity index (χ3v) is 5.90. The van der Waals surface area contributed by atoms with E-state index in [0.29, 0.717) is 41.1 Å². The first-order valence-electron chi connectivity index (χ1n) is 11.3. The van der Waals surface area contributed by atoms with E-state index < -0.39 is 6.10 Å². The number of hydrogen-bond donors (Lipinski definition) is 4. The maximum Gasteiger partial charge on any atom is 0.321 e. The predicted molar refractivity (Wildman–Crippen MR) is 129 cm³/mol. The van der Waals surface area contributed by atoms with E-state index in [1.807, 2.05) is 43.3 Å². The Hall–Kier alpha value is -3.98. The lowest BCUT2D eigenvalue weighted by atomic mass is 10.00. The van der Waals surface area contributed by atoms with Gasteiger partial charge in [-0.3, -0.25) is 15.3 Å². The van der Waals surface area contributed by atoms with Crippen molar-refractivity contribution in [1.29, 1.82) is 0 Å². The number of fused-ring (bicyclic) bond motifs is 1. The van der Waals surface area contributed by atoms with Crippen molar-refractivity contribution in [2.45, 2.75) is 25.9 Å². The minimum atomic E-state index is -0.515. The van der Waals surface area contributed by atoms with Crippen LogP contribution in [0.4, 0.5) is 10.7 Å². The number of amides is 2. The lowest BCUT2D eigenvalue weighted by Gasteiger charge is -2.12. The molecule has 0 bridgehead atoms. The van der Waals surface area contributed by atoms with Crippen LogP contribution in [0, 0.1) is 5.92 Å². The molecule has 1 atom stereocenters. The van der Waals surface area contributed by atoms with Gasteiger partial charge in [-0.2, -0.15) is 0 Å². The number of pyridine rings is 2. The van der Waals surface area contributed by atoms with Gasteiger partial charge in [-0.1, -0.05) is 6.07 Å². The zero-order chi connectivity index (χ0) is 23.7. The lowest BCUT2D eigenvalue weighted by Crippen LogP contribution is -2.28. The number of aromatic amines is 1. The number of rotatable bonds is 7. The number of benzene rings is 1. The van der Waals surface area contributed by atoms with E-state index in [0.717, 1.165) is 35.0 Å². The molecule has 2 amide bonds. The van der Waals surface area contributed by atoms with Gasteiger partial charge in [0, 0.05) is 30.1 Å². The van der Waals surface area contributed by atoms with Gasteiger partial charge in [-0.15, -0.1) is 0 Å². The molecule has 4 aromatic rings. The van der Waals surface area contributed by atoms with Crippen molar-refractivity contribution in [2.75, 3.05) is 19.0 Å². The molecule has 1 fully saturated rings. The number of methoxy groups -OCH3 is 1. The molecule has 3 heterocycles. The number of hydrogen-bond acceptors (Lipinski definition) is 6. The zero-order valence-electron chi connectivity index (χ0n) is 19.0. The Kier molecular flexibility index (Phi) is 5.85. The van der Waals surface area contributed by atoms with Crippen LogP contribution in [0.3, 0.4) is 0 Å². The van der Waals surface area contributed by atoms with Gasteiger partial charge in [0.1, 0.15) is 11.4 Å². The van der Waals surface area contributed by atoms with E-state index in [1.165, 1.54) is 0 Å². The van der Waals surface area contributed by atoms with Crippen molar-refractivity contribution >= 4 is 23.0 Å². The second kappa shape index (κ2) is 9.11. The molecule has 0 saturated heterocycles. The summed E-state index contributed by atoms with van der Waals surface area (Å²) in [4.78, 5) is 28.9. The number of nitrogens with one attached hydrogen (secondary N) is 3. The van der Waals surface area contributed by atoms with Gasteiger partial charge in [-0.05, 0) is 61.6 Å². The van der Waals surface area contributed by atoms with Gasteiger partial charge in [0.25, 0.3) is 0 Å². The SMILES string of the molecule is CCNC(=O)Nc1nc2cc(-c3ccc(C(O)C4CC4)nc3)cc(-c3ncccc3OC)c2[nH]1. The van der Waals surface area contributed by atoms with Crippen LogP contribution in [0.25, 0.3) is 33.4 Å². The monoisotopic (exact) mass is 458 g/mol. The molecule has 34 heavy (non-hydrogen) atoms. The minimum absolute atomic E-state index is 0.317. The number of urea groups is 1. The molecule has 9 heteroatoms. The number of ether oxygens (including phenoxy) is 1. The number of aromatic nitrogens is 4. The zero-order valence-corrected chi connectivity index (χ0v) is 19.0. The number of aliphatic hydroxyl groups excluding tert-OH is 1. The first-order valence-corrected chi connectivity index (χ1v) is 11.3. The van der Waals surface area contributed by atoms with Crippen LogP contribution in [-0.2, 0) is 0 Å². The maximum atomic E-state index is 12.0. The summed E-state index contributed by atoms with van der Waals surface area (Å²) in [6.07, 6.45) is 5.04. The van der Waals surface area contributed by atoms with Crippen LogP contribution in [-0.4, -0.2) is 44.7 Å².